The smallest absolute Gasteiger partial charge is 0.306 e. The minimum Gasteiger partial charge on any atom is -0.485 e. The number of nitrogens with zero attached hydrogens (tertiary/aromatic N) is 2. The number of hydrogen-bond acceptors (Lipinski definition) is 5. The molecule has 6 nitrogen and oxygen atoms in total. The van der Waals surface area contributed by atoms with Gasteiger partial charge in [-0.3, -0.25) is 4.79 Å². The van der Waals surface area contributed by atoms with Crippen molar-refractivity contribution >= 4 is 5.97 Å². The first kappa shape index (κ1) is 27.1. The normalized spacial score (nSPS) is 18.3. The predicted octanol–water partition coefficient (Wildman–Crippen LogP) is 6.63. The van der Waals surface area contributed by atoms with E-state index in [1.54, 1.807) is 6.07 Å². The number of ether oxygens (including phenoxy) is 2. The summed E-state index contributed by atoms with van der Waals surface area (Å²) >= 11 is 0. The molecule has 1 unspecified atom stereocenters. The summed E-state index contributed by atoms with van der Waals surface area (Å²) in [5.41, 5.74) is 5.54. The second-order valence-corrected chi connectivity index (χ2v) is 11.0. The van der Waals surface area contributed by atoms with Crippen molar-refractivity contribution in [1.82, 2.24) is 9.88 Å². The fourth-order valence-electron chi connectivity index (χ4n) is 5.75. The third-order valence-electron chi connectivity index (χ3n) is 8.29. The summed E-state index contributed by atoms with van der Waals surface area (Å²) in [6.45, 7) is 5.43. The van der Waals surface area contributed by atoms with Crippen LogP contribution in [0.15, 0.2) is 48.7 Å². The standard InChI is InChI=1S/C32H37FN2O4/c1-5-35(3)18-24-14-22(10-12-25(24)26-16-30(38-4)34-17-27(26)33)28-13-11-20-6-9-23(15-29(20)39-28)31(21-7-8-21)19(2)32(36)37/h6,9-10,12,14-17,19,21,28,31H,5,7-8,11,13,18H2,1-4H3,(H,36,37)/t19-,28-,31?/m0/s1. The number of aryl methyl sites for hydroxylation is 1. The van der Waals surface area contributed by atoms with Crippen molar-refractivity contribution in [3.05, 3.63) is 76.7 Å². The molecular formula is C32H37FN2O4. The lowest BCUT2D eigenvalue weighted by Crippen LogP contribution is -2.21. The van der Waals surface area contributed by atoms with Gasteiger partial charge in [0, 0.05) is 18.2 Å². The van der Waals surface area contributed by atoms with E-state index >= 15 is 0 Å². The number of hydrogen-bond donors (Lipinski definition) is 1. The summed E-state index contributed by atoms with van der Waals surface area (Å²) in [5.74, 6) is 0.0541. The summed E-state index contributed by atoms with van der Waals surface area (Å²) in [7, 11) is 3.57. The van der Waals surface area contributed by atoms with Gasteiger partial charge in [-0.1, -0.05) is 44.2 Å². The molecule has 1 saturated carbocycles. The Morgan fingerprint density at radius 2 is 1.97 bits per heavy atom. The van der Waals surface area contributed by atoms with Crippen LogP contribution in [0.3, 0.4) is 0 Å². The first-order valence-electron chi connectivity index (χ1n) is 13.8. The number of aromatic nitrogens is 1. The van der Waals surface area contributed by atoms with Crippen LogP contribution in [-0.2, 0) is 17.8 Å². The van der Waals surface area contributed by atoms with Crippen LogP contribution in [0, 0.1) is 17.7 Å². The maximum Gasteiger partial charge on any atom is 0.306 e. The van der Waals surface area contributed by atoms with Gasteiger partial charge in [-0.15, -0.1) is 0 Å². The molecule has 0 bridgehead atoms. The molecule has 5 rings (SSSR count). The Morgan fingerprint density at radius 1 is 1.18 bits per heavy atom. The molecule has 1 aliphatic heterocycles. The van der Waals surface area contributed by atoms with E-state index in [1.807, 2.05) is 26.1 Å². The molecule has 2 aliphatic rings. The van der Waals surface area contributed by atoms with E-state index in [1.165, 1.54) is 13.3 Å². The number of halogens is 1. The molecule has 3 aromatic rings. The maximum absolute atomic E-state index is 14.9. The van der Waals surface area contributed by atoms with E-state index in [4.69, 9.17) is 9.47 Å². The third-order valence-corrected chi connectivity index (χ3v) is 8.29. The molecule has 0 saturated heterocycles. The molecule has 0 radical (unpaired) electrons. The number of benzene rings is 2. The Morgan fingerprint density at radius 3 is 2.67 bits per heavy atom. The van der Waals surface area contributed by atoms with Gasteiger partial charge in [0.1, 0.15) is 17.7 Å². The molecule has 1 aliphatic carbocycles. The average molecular weight is 533 g/mol. The highest BCUT2D eigenvalue weighted by Crippen LogP contribution is 2.48. The highest BCUT2D eigenvalue weighted by molar-refractivity contribution is 5.71. The number of carboxylic acids is 1. The van der Waals surface area contributed by atoms with Crippen LogP contribution in [0.5, 0.6) is 11.6 Å². The highest BCUT2D eigenvalue weighted by atomic mass is 19.1. The van der Waals surface area contributed by atoms with E-state index < -0.39 is 11.9 Å². The molecule has 2 heterocycles. The average Bonchev–Trinajstić information content (AvgIpc) is 3.78. The molecule has 206 valence electrons. The van der Waals surface area contributed by atoms with Gasteiger partial charge in [0.05, 0.1) is 19.2 Å². The van der Waals surface area contributed by atoms with Crippen LogP contribution in [0.4, 0.5) is 4.39 Å². The molecule has 0 amide bonds. The van der Waals surface area contributed by atoms with E-state index in [2.05, 4.69) is 41.1 Å². The zero-order valence-electron chi connectivity index (χ0n) is 23.1. The van der Waals surface area contributed by atoms with E-state index in [0.29, 0.717) is 23.9 Å². The SMILES string of the molecule is CCN(C)Cc1cc([C@@H]2CCc3ccc(C(C4CC4)[C@H](C)C(=O)O)cc3O2)ccc1-c1cc(OC)ncc1F. The van der Waals surface area contributed by atoms with Gasteiger partial charge in [0.2, 0.25) is 5.88 Å². The molecule has 3 atom stereocenters. The monoisotopic (exact) mass is 532 g/mol. The quantitative estimate of drug-likeness (QED) is 0.316. The molecular weight excluding hydrogens is 495 g/mol. The van der Waals surface area contributed by atoms with Gasteiger partial charge < -0.3 is 19.5 Å². The second-order valence-electron chi connectivity index (χ2n) is 11.0. The summed E-state index contributed by atoms with van der Waals surface area (Å²) in [6, 6.07) is 14.0. The highest BCUT2D eigenvalue weighted by Gasteiger charge is 2.39. The molecule has 0 spiro atoms. The third kappa shape index (κ3) is 5.78. The Balaban J connectivity index is 1.46. The van der Waals surface area contributed by atoms with Crippen LogP contribution >= 0.6 is 0 Å². The van der Waals surface area contributed by atoms with Gasteiger partial charge in [-0.05, 0) is 85.0 Å². The molecule has 2 aromatic carbocycles. The lowest BCUT2D eigenvalue weighted by Gasteiger charge is -2.29. The van der Waals surface area contributed by atoms with Gasteiger partial charge >= 0.3 is 5.97 Å². The van der Waals surface area contributed by atoms with Gasteiger partial charge in [0.25, 0.3) is 0 Å². The van der Waals surface area contributed by atoms with E-state index in [0.717, 1.165) is 65.8 Å². The van der Waals surface area contributed by atoms with Crippen LogP contribution in [0.25, 0.3) is 11.1 Å². The summed E-state index contributed by atoms with van der Waals surface area (Å²) in [6.07, 6.45) is 4.94. The van der Waals surface area contributed by atoms with Crippen molar-refractivity contribution in [2.75, 3.05) is 20.7 Å². The van der Waals surface area contributed by atoms with Crippen LogP contribution in [0.2, 0.25) is 0 Å². The number of fused-ring (bicyclic) bond motifs is 1. The van der Waals surface area contributed by atoms with Crippen molar-refractivity contribution in [2.45, 2.75) is 58.1 Å². The summed E-state index contributed by atoms with van der Waals surface area (Å²) in [5, 5.41) is 9.71. The van der Waals surface area contributed by atoms with Gasteiger partial charge in [-0.2, -0.15) is 0 Å². The van der Waals surface area contributed by atoms with E-state index in [9.17, 15) is 14.3 Å². The van der Waals surface area contributed by atoms with E-state index in [-0.39, 0.29) is 17.8 Å². The van der Waals surface area contributed by atoms with Gasteiger partial charge in [0.15, 0.2) is 0 Å². The maximum atomic E-state index is 14.9. The Bertz CT molecular complexity index is 1360. The van der Waals surface area contributed by atoms with Crippen molar-refractivity contribution < 1.29 is 23.8 Å². The second kappa shape index (κ2) is 11.3. The largest absolute Gasteiger partial charge is 0.485 e. The predicted molar refractivity (Wildman–Crippen MR) is 149 cm³/mol. The lowest BCUT2D eigenvalue weighted by atomic mass is 9.82. The van der Waals surface area contributed by atoms with Crippen molar-refractivity contribution in [3.63, 3.8) is 0 Å². The van der Waals surface area contributed by atoms with Crippen molar-refractivity contribution in [2.24, 2.45) is 11.8 Å². The van der Waals surface area contributed by atoms with Crippen LogP contribution in [-0.4, -0.2) is 41.7 Å². The summed E-state index contributed by atoms with van der Waals surface area (Å²) < 4.78 is 26.7. The Hall–Kier alpha value is -3.45. The minimum absolute atomic E-state index is 0.000469. The number of rotatable bonds is 10. The number of methoxy groups -OCH3 is 1. The van der Waals surface area contributed by atoms with Crippen molar-refractivity contribution in [3.8, 4) is 22.8 Å². The Kier molecular flexibility index (Phi) is 7.89. The number of pyridine rings is 1. The fraction of sp³-hybridized carbons (Fsp3) is 0.438. The zero-order valence-corrected chi connectivity index (χ0v) is 23.1. The zero-order chi connectivity index (χ0) is 27.7. The summed E-state index contributed by atoms with van der Waals surface area (Å²) in [4.78, 5) is 18.0. The minimum atomic E-state index is -0.753. The van der Waals surface area contributed by atoms with Crippen molar-refractivity contribution in [1.29, 1.82) is 0 Å². The first-order valence-corrected chi connectivity index (χ1v) is 13.8. The molecule has 1 fully saturated rings. The molecule has 1 N–H and O–H groups in total. The molecule has 1 aromatic heterocycles. The fourth-order valence-corrected chi connectivity index (χ4v) is 5.75. The number of carbonyl (C=O) groups is 1. The first-order chi connectivity index (χ1) is 18.8. The molecule has 39 heavy (non-hydrogen) atoms. The van der Waals surface area contributed by atoms with Crippen LogP contribution in [0.1, 0.15) is 67.4 Å². The van der Waals surface area contributed by atoms with Gasteiger partial charge in [-0.25, -0.2) is 9.37 Å². The Labute approximate surface area is 229 Å². The lowest BCUT2D eigenvalue weighted by molar-refractivity contribution is -0.142. The number of aliphatic carboxylic acids is 1. The topological polar surface area (TPSA) is 71.9 Å². The van der Waals surface area contributed by atoms with Crippen LogP contribution < -0.4 is 9.47 Å². The molecule has 7 heteroatoms. The number of carboxylic acid groups (broad SMARTS) is 1.